The van der Waals surface area contributed by atoms with Gasteiger partial charge in [0.25, 0.3) is 11.8 Å². The highest BCUT2D eigenvalue weighted by Gasteiger charge is 2.25. The molecule has 1 aliphatic rings. The second-order valence-corrected chi connectivity index (χ2v) is 6.61. The Morgan fingerprint density at radius 3 is 2.74 bits per heavy atom. The van der Waals surface area contributed by atoms with Crippen LogP contribution >= 0.6 is 11.3 Å². The third kappa shape index (κ3) is 3.78. The lowest BCUT2D eigenvalue weighted by molar-refractivity contribution is -0.124. The van der Waals surface area contributed by atoms with Gasteiger partial charge in [-0.15, -0.1) is 11.3 Å². The Bertz CT molecular complexity index is 706. The lowest BCUT2D eigenvalue weighted by Crippen LogP contribution is -2.27. The van der Waals surface area contributed by atoms with Crippen LogP contribution in [0.2, 0.25) is 0 Å². The van der Waals surface area contributed by atoms with Crippen molar-refractivity contribution in [2.24, 2.45) is 5.73 Å². The van der Waals surface area contributed by atoms with E-state index in [4.69, 9.17) is 10.5 Å². The first-order valence-electron chi connectivity index (χ1n) is 7.52. The molecular formula is C17H18N2O3S. The maximum atomic E-state index is 12.2. The molecule has 2 aromatic rings. The highest BCUT2D eigenvalue weighted by Crippen LogP contribution is 2.30. The summed E-state index contributed by atoms with van der Waals surface area (Å²) in [6.07, 6.45) is 1.85. The Morgan fingerprint density at radius 2 is 2.09 bits per heavy atom. The van der Waals surface area contributed by atoms with Crippen molar-refractivity contribution in [1.82, 2.24) is 0 Å². The highest BCUT2D eigenvalue weighted by molar-refractivity contribution is 7.16. The van der Waals surface area contributed by atoms with E-state index >= 15 is 0 Å². The summed E-state index contributed by atoms with van der Waals surface area (Å²) < 4.78 is 5.37. The van der Waals surface area contributed by atoms with Gasteiger partial charge in [-0.1, -0.05) is 30.3 Å². The van der Waals surface area contributed by atoms with E-state index in [-0.39, 0.29) is 5.91 Å². The SMILES string of the molecule is NC(=O)c1cc(Cc2ccccc2)sc1NC(=O)[C@H]1CCCO1. The fraction of sp³-hybridized carbons (Fsp3) is 0.294. The third-order valence-electron chi connectivity index (χ3n) is 3.73. The summed E-state index contributed by atoms with van der Waals surface area (Å²) in [7, 11) is 0. The van der Waals surface area contributed by atoms with Crippen molar-refractivity contribution in [2.45, 2.75) is 25.4 Å². The van der Waals surface area contributed by atoms with Crippen LogP contribution in [-0.4, -0.2) is 24.5 Å². The standard InChI is InChI=1S/C17H18N2O3S/c18-15(20)13-10-12(9-11-5-2-1-3-6-11)23-17(13)19-16(21)14-7-4-8-22-14/h1-3,5-6,10,14H,4,7-9H2,(H2,18,20)(H,19,21)/t14-/m1/s1. The number of nitrogens with one attached hydrogen (secondary N) is 1. The van der Waals surface area contributed by atoms with Crippen LogP contribution in [0.5, 0.6) is 0 Å². The summed E-state index contributed by atoms with van der Waals surface area (Å²) in [5.74, 6) is -0.749. The largest absolute Gasteiger partial charge is 0.368 e. The van der Waals surface area contributed by atoms with Crippen molar-refractivity contribution >= 4 is 28.2 Å². The molecule has 0 radical (unpaired) electrons. The molecule has 5 nitrogen and oxygen atoms in total. The second kappa shape index (κ2) is 6.93. The van der Waals surface area contributed by atoms with Crippen molar-refractivity contribution in [3.63, 3.8) is 0 Å². The summed E-state index contributed by atoms with van der Waals surface area (Å²) in [6.45, 7) is 0.602. The number of hydrogen-bond donors (Lipinski definition) is 2. The van der Waals surface area contributed by atoms with E-state index in [2.05, 4.69) is 5.32 Å². The molecule has 120 valence electrons. The number of carbonyl (C=O) groups is 2. The fourth-order valence-electron chi connectivity index (χ4n) is 2.58. The van der Waals surface area contributed by atoms with Crippen LogP contribution in [0.3, 0.4) is 0 Å². The zero-order chi connectivity index (χ0) is 16.2. The minimum absolute atomic E-state index is 0.210. The minimum atomic E-state index is -0.539. The zero-order valence-electron chi connectivity index (χ0n) is 12.6. The average Bonchev–Trinajstić information content (AvgIpc) is 3.18. The van der Waals surface area contributed by atoms with Crippen LogP contribution in [0.15, 0.2) is 36.4 Å². The molecule has 1 atom stereocenters. The monoisotopic (exact) mass is 330 g/mol. The first kappa shape index (κ1) is 15.7. The lowest BCUT2D eigenvalue weighted by Gasteiger charge is -2.09. The van der Waals surface area contributed by atoms with E-state index in [0.29, 0.717) is 30.0 Å². The van der Waals surface area contributed by atoms with Crippen LogP contribution in [0.4, 0.5) is 5.00 Å². The molecule has 0 spiro atoms. The van der Waals surface area contributed by atoms with E-state index in [1.807, 2.05) is 30.3 Å². The molecule has 1 aromatic heterocycles. The Kier molecular flexibility index (Phi) is 4.73. The normalized spacial score (nSPS) is 17.1. The van der Waals surface area contributed by atoms with Gasteiger partial charge in [0.1, 0.15) is 11.1 Å². The molecule has 1 aliphatic heterocycles. The summed E-state index contributed by atoms with van der Waals surface area (Å²) in [5, 5.41) is 3.30. The molecule has 1 saturated heterocycles. The van der Waals surface area contributed by atoms with Gasteiger partial charge in [-0.3, -0.25) is 9.59 Å². The van der Waals surface area contributed by atoms with Crippen LogP contribution in [0.25, 0.3) is 0 Å². The minimum Gasteiger partial charge on any atom is -0.368 e. The number of primary amides is 1. The second-order valence-electron chi connectivity index (χ2n) is 5.47. The summed E-state index contributed by atoms with van der Waals surface area (Å²) in [5.41, 5.74) is 6.93. The van der Waals surface area contributed by atoms with E-state index in [1.54, 1.807) is 6.07 Å². The maximum absolute atomic E-state index is 12.2. The molecule has 23 heavy (non-hydrogen) atoms. The van der Waals surface area contributed by atoms with E-state index < -0.39 is 12.0 Å². The molecule has 6 heteroatoms. The van der Waals surface area contributed by atoms with Crippen LogP contribution in [0.1, 0.15) is 33.6 Å². The van der Waals surface area contributed by atoms with Crippen molar-refractivity contribution in [3.8, 4) is 0 Å². The van der Waals surface area contributed by atoms with Crippen LogP contribution < -0.4 is 11.1 Å². The Labute approximate surface area is 138 Å². The first-order valence-corrected chi connectivity index (χ1v) is 8.34. The number of ether oxygens (including phenoxy) is 1. The van der Waals surface area contributed by atoms with Gasteiger partial charge in [-0.2, -0.15) is 0 Å². The quantitative estimate of drug-likeness (QED) is 0.884. The van der Waals surface area contributed by atoms with E-state index in [9.17, 15) is 9.59 Å². The van der Waals surface area contributed by atoms with Gasteiger partial charge >= 0.3 is 0 Å². The van der Waals surface area contributed by atoms with Gasteiger partial charge < -0.3 is 15.8 Å². The molecule has 1 aromatic carbocycles. The number of anilines is 1. The smallest absolute Gasteiger partial charge is 0.254 e. The number of benzene rings is 1. The molecule has 1 fully saturated rings. The molecular weight excluding hydrogens is 312 g/mol. The summed E-state index contributed by atoms with van der Waals surface area (Å²) >= 11 is 1.38. The lowest BCUT2D eigenvalue weighted by atomic mass is 10.1. The third-order valence-corrected chi connectivity index (χ3v) is 4.78. The molecule has 0 bridgehead atoms. The summed E-state index contributed by atoms with van der Waals surface area (Å²) in [4.78, 5) is 24.8. The average molecular weight is 330 g/mol. The molecule has 0 saturated carbocycles. The van der Waals surface area contributed by atoms with Crippen LogP contribution in [-0.2, 0) is 16.0 Å². The van der Waals surface area contributed by atoms with E-state index in [0.717, 1.165) is 16.9 Å². The Balaban J connectivity index is 1.78. The van der Waals surface area contributed by atoms with Gasteiger partial charge in [0.05, 0.1) is 5.56 Å². The van der Waals surface area contributed by atoms with E-state index in [1.165, 1.54) is 11.3 Å². The number of rotatable bonds is 5. The topological polar surface area (TPSA) is 81.4 Å². The molecule has 0 aliphatic carbocycles. The number of hydrogen-bond acceptors (Lipinski definition) is 4. The first-order chi connectivity index (χ1) is 11.1. The Hall–Kier alpha value is -2.18. The Morgan fingerprint density at radius 1 is 1.30 bits per heavy atom. The number of amides is 2. The fourth-order valence-corrected chi connectivity index (χ4v) is 3.68. The number of thiophene rings is 1. The highest BCUT2D eigenvalue weighted by atomic mass is 32.1. The molecule has 2 amide bonds. The number of carbonyl (C=O) groups excluding carboxylic acids is 2. The van der Waals surface area contributed by atoms with Crippen molar-refractivity contribution in [1.29, 1.82) is 0 Å². The van der Waals surface area contributed by atoms with Gasteiger partial charge in [0.15, 0.2) is 0 Å². The van der Waals surface area contributed by atoms with Crippen molar-refractivity contribution in [3.05, 3.63) is 52.4 Å². The van der Waals surface area contributed by atoms with Crippen molar-refractivity contribution < 1.29 is 14.3 Å². The molecule has 3 rings (SSSR count). The van der Waals surface area contributed by atoms with Crippen LogP contribution in [0, 0.1) is 0 Å². The molecule has 3 N–H and O–H groups in total. The van der Waals surface area contributed by atoms with Gasteiger partial charge in [-0.05, 0) is 24.5 Å². The van der Waals surface area contributed by atoms with Gasteiger partial charge in [-0.25, -0.2) is 0 Å². The summed E-state index contributed by atoms with van der Waals surface area (Å²) in [6, 6.07) is 11.7. The molecule has 2 heterocycles. The number of nitrogens with two attached hydrogens (primary N) is 1. The molecule has 0 unspecified atom stereocenters. The van der Waals surface area contributed by atoms with Gasteiger partial charge in [0, 0.05) is 17.9 Å². The maximum Gasteiger partial charge on any atom is 0.254 e. The van der Waals surface area contributed by atoms with Crippen molar-refractivity contribution in [2.75, 3.05) is 11.9 Å². The zero-order valence-corrected chi connectivity index (χ0v) is 13.4. The van der Waals surface area contributed by atoms with Gasteiger partial charge in [0.2, 0.25) is 0 Å². The predicted molar refractivity (Wildman–Crippen MR) is 89.7 cm³/mol. The predicted octanol–water partition coefficient (Wildman–Crippen LogP) is 2.56.